The molecule has 1 N–H and O–H groups in total. The number of piperidine rings is 1. The fourth-order valence-electron chi connectivity index (χ4n) is 3.89. The molecule has 3 rings (SSSR count). The normalized spacial score (nSPS) is 21.6. The van der Waals surface area contributed by atoms with Gasteiger partial charge < -0.3 is 10.0 Å². The minimum Gasteiger partial charge on any atom is -0.481 e. The number of carbonyl (C=O) groups excluding carboxylic acids is 1. The Kier molecular flexibility index (Phi) is 5.10. The quantitative estimate of drug-likeness (QED) is 0.817. The van der Waals surface area contributed by atoms with Crippen LogP contribution in [0.5, 0.6) is 0 Å². The van der Waals surface area contributed by atoms with Gasteiger partial charge in [0.15, 0.2) is 9.84 Å². The lowest BCUT2D eigenvalue weighted by atomic mass is 9.90. The lowest BCUT2D eigenvalue weighted by molar-refractivity contribution is -0.139. The second-order valence-electron chi connectivity index (χ2n) is 7.39. The molecule has 1 spiro atoms. The molecule has 1 atom stereocenters. The van der Waals surface area contributed by atoms with Crippen molar-refractivity contribution in [3.63, 3.8) is 0 Å². The fraction of sp³-hybridized carbons (Fsp3) is 0.579. The van der Waals surface area contributed by atoms with Gasteiger partial charge in [-0.05, 0) is 48.8 Å². The number of rotatable bonds is 6. The third-order valence-corrected chi connectivity index (χ3v) is 7.64. The number of carbonyl (C=O) groups is 2. The predicted octanol–water partition coefficient (Wildman–Crippen LogP) is 2.13. The molecule has 2 aliphatic rings. The van der Waals surface area contributed by atoms with Gasteiger partial charge in [0.2, 0.25) is 5.91 Å². The minimum atomic E-state index is -3.20. The molecule has 1 unspecified atom stereocenters. The molecule has 0 bridgehead atoms. The summed E-state index contributed by atoms with van der Waals surface area (Å²) >= 11 is 0. The Bertz CT molecular complexity index is 792. The van der Waals surface area contributed by atoms with Gasteiger partial charge in [0, 0.05) is 19.5 Å². The van der Waals surface area contributed by atoms with E-state index in [0.29, 0.717) is 30.8 Å². The van der Waals surface area contributed by atoms with Crippen LogP contribution in [-0.4, -0.2) is 49.1 Å². The molecule has 1 aliphatic carbocycles. The van der Waals surface area contributed by atoms with Crippen molar-refractivity contribution in [2.24, 2.45) is 11.3 Å². The molecule has 6 nitrogen and oxygen atoms in total. The molecule has 1 aliphatic heterocycles. The topological polar surface area (TPSA) is 91.8 Å². The summed E-state index contributed by atoms with van der Waals surface area (Å²) in [6.07, 6.45) is 3.26. The summed E-state index contributed by atoms with van der Waals surface area (Å²) in [6, 6.07) is 6.73. The molecular formula is C19H25NO5S. The van der Waals surface area contributed by atoms with Gasteiger partial charge >= 0.3 is 5.97 Å². The van der Waals surface area contributed by atoms with Crippen molar-refractivity contribution in [1.29, 1.82) is 0 Å². The molecule has 1 amide bonds. The summed E-state index contributed by atoms with van der Waals surface area (Å²) in [7, 11) is -3.20. The van der Waals surface area contributed by atoms with Crippen LogP contribution in [0.4, 0.5) is 0 Å². The zero-order valence-corrected chi connectivity index (χ0v) is 15.8. The van der Waals surface area contributed by atoms with E-state index in [1.807, 2.05) is 4.90 Å². The van der Waals surface area contributed by atoms with E-state index in [9.17, 15) is 18.0 Å². The Balaban J connectivity index is 1.48. The van der Waals surface area contributed by atoms with E-state index in [1.54, 1.807) is 31.2 Å². The number of carboxylic acids is 1. The van der Waals surface area contributed by atoms with Gasteiger partial charge in [0.05, 0.1) is 16.6 Å². The highest BCUT2D eigenvalue weighted by molar-refractivity contribution is 7.91. The third-order valence-electron chi connectivity index (χ3n) is 5.89. The molecule has 1 saturated carbocycles. The minimum absolute atomic E-state index is 0.0663. The lowest BCUT2D eigenvalue weighted by Crippen LogP contribution is -2.40. The molecular weight excluding hydrogens is 354 g/mol. The van der Waals surface area contributed by atoms with Crippen LogP contribution in [0.25, 0.3) is 0 Å². The van der Waals surface area contributed by atoms with E-state index in [2.05, 4.69) is 0 Å². The average Bonchev–Trinajstić information content (AvgIpc) is 3.34. The van der Waals surface area contributed by atoms with Crippen LogP contribution in [-0.2, 0) is 25.8 Å². The van der Waals surface area contributed by atoms with Crippen LogP contribution in [0.2, 0.25) is 0 Å². The number of likely N-dealkylation sites (tertiary alicyclic amines) is 1. The maximum atomic E-state index is 12.4. The lowest BCUT2D eigenvalue weighted by Gasteiger charge is -2.32. The Labute approximate surface area is 154 Å². The number of carboxylic acid groups (broad SMARTS) is 1. The van der Waals surface area contributed by atoms with Crippen LogP contribution in [0.1, 0.15) is 38.2 Å². The highest BCUT2D eigenvalue weighted by Crippen LogP contribution is 2.59. The fourth-order valence-corrected chi connectivity index (χ4v) is 4.77. The van der Waals surface area contributed by atoms with Gasteiger partial charge in [-0.3, -0.25) is 9.59 Å². The van der Waals surface area contributed by atoms with Gasteiger partial charge in [-0.25, -0.2) is 8.42 Å². The zero-order valence-electron chi connectivity index (χ0n) is 15.0. The summed E-state index contributed by atoms with van der Waals surface area (Å²) in [5.74, 6) is -0.780. The predicted molar refractivity (Wildman–Crippen MR) is 96.5 cm³/mol. The van der Waals surface area contributed by atoms with Crippen LogP contribution in [0, 0.1) is 11.3 Å². The molecule has 1 aromatic carbocycles. The first kappa shape index (κ1) is 18.9. The third kappa shape index (κ3) is 3.77. The number of aliphatic carboxylic acids is 1. The van der Waals surface area contributed by atoms with Crippen molar-refractivity contribution < 1.29 is 23.1 Å². The van der Waals surface area contributed by atoms with Gasteiger partial charge in [-0.15, -0.1) is 0 Å². The summed E-state index contributed by atoms with van der Waals surface area (Å²) in [4.78, 5) is 25.6. The number of hydrogen-bond donors (Lipinski definition) is 1. The van der Waals surface area contributed by atoms with Crippen molar-refractivity contribution >= 4 is 21.7 Å². The first-order valence-electron chi connectivity index (χ1n) is 9.10. The molecule has 0 radical (unpaired) electrons. The Hall–Kier alpha value is -1.89. The summed E-state index contributed by atoms with van der Waals surface area (Å²) in [6.45, 7) is 2.89. The molecule has 142 valence electrons. The van der Waals surface area contributed by atoms with E-state index in [1.165, 1.54) is 0 Å². The standard InChI is InChI=1S/C19H25NO5S/c1-2-26(24,25)15-6-3-14(4-7-15)5-8-17(21)20-11-9-19(10-12-20)13-16(19)18(22)23/h3-4,6-7,16H,2,5,8-13H2,1H3,(H,22,23). The number of nitrogens with zero attached hydrogens (tertiary/aromatic N) is 1. The van der Waals surface area contributed by atoms with Crippen molar-refractivity contribution in [2.45, 2.75) is 43.9 Å². The van der Waals surface area contributed by atoms with Crippen LogP contribution in [0.15, 0.2) is 29.2 Å². The van der Waals surface area contributed by atoms with E-state index >= 15 is 0 Å². The Morgan fingerprint density at radius 2 is 1.81 bits per heavy atom. The van der Waals surface area contributed by atoms with Gasteiger partial charge in [-0.1, -0.05) is 19.1 Å². The van der Waals surface area contributed by atoms with Crippen LogP contribution < -0.4 is 0 Å². The van der Waals surface area contributed by atoms with Crippen molar-refractivity contribution in [1.82, 2.24) is 4.90 Å². The molecule has 1 aromatic rings. The number of aryl methyl sites for hydroxylation is 1. The number of benzene rings is 1. The molecule has 1 heterocycles. The highest BCUT2D eigenvalue weighted by atomic mass is 32.2. The smallest absolute Gasteiger partial charge is 0.307 e. The highest BCUT2D eigenvalue weighted by Gasteiger charge is 2.59. The van der Waals surface area contributed by atoms with Crippen molar-refractivity contribution in [2.75, 3.05) is 18.8 Å². The Morgan fingerprint density at radius 1 is 1.19 bits per heavy atom. The molecule has 7 heteroatoms. The van der Waals surface area contributed by atoms with Crippen LogP contribution in [0.3, 0.4) is 0 Å². The number of amides is 1. The van der Waals surface area contributed by atoms with Gasteiger partial charge in [0.25, 0.3) is 0 Å². The average molecular weight is 379 g/mol. The molecule has 1 saturated heterocycles. The zero-order chi connectivity index (χ0) is 18.9. The maximum Gasteiger partial charge on any atom is 0.307 e. The van der Waals surface area contributed by atoms with Gasteiger partial charge in [0.1, 0.15) is 0 Å². The molecule has 0 aromatic heterocycles. The van der Waals surface area contributed by atoms with E-state index in [-0.39, 0.29) is 23.0 Å². The van der Waals surface area contributed by atoms with E-state index in [0.717, 1.165) is 24.8 Å². The van der Waals surface area contributed by atoms with Crippen molar-refractivity contribution in [3.8, 4) is 0 Å². The van der Waals surface area contributed by atoms with E-state index in [4.69, 9.17) is 5.11 Å². The summed E-state index contributed by atoms with van der Waals surface area (Å²) < 4.78 is 23.6. The SMILES string of the molecule is CCS(=O)(=O)c1ccc(CCC(=O)N2CCC3(CC2)CC3C(=O)O)cc1. The number of sulfone groups is 1. The number of hydrogen-bond acceptors (Lipinski definition) is 4. The molecule has 26 heavy (non-hydrogen) atoms. The summed E-state index contributed by atoms with van der Waals surface area (Å²) in [5, 5.41) is 9.12. The molecule has 2 fully saturated rings. The summed E-state index contributed by atoms with van der Waals surface area (Å²) in [5.41, 5.74) is 0.874. The van der Waals surface area contributed by atoms with Crippen LogP contribution >= 0.6 is 0 Å². The largest absolute Gasteiger partial charge is 0.481 e. The first-order valence-corrected chi connectivity index (χ1v) is 10.7. The van der Waals surface area contributed by atoms with Gasteiger partial charge in [-0.2, -0.15) is 0 Å². The Morgan fingerprint density at radius 3 is 2.31 bits per heavy atom. The second-order valence-corrected chi connectivity index (χ2v) is 9.66. The van der Waals surface area contributed by atoms with Crippen molar-refractivity contribution in [3.05, 3.63) is 29.8 Å². The van der Waals surface area contributed by atoms with E-state index < -0.39 is 15.8 Å². The monoisotopic (exact) mass is 379 g/mol. The second kappa shape index (κ2) is 7.02. The maximum absolute atomic E-state index is 12.4. The first-order chi connectivity index (χ1) is 12.3.